The van der Waals surface area contributed by atoms with Crippen LogP contribution in [-0.2, 0) is 17.8 Å². The van der Waals surface area contributed by atoms with Crippen LogP contribution in [-0.4, -0.2) is 54.9 Å². The number of imidazole rings is 1. The van der Waals surface area contributed by atoms with Crippen LogP contribution in [0.25, 0.3) is 23.3 Å². The van der Waals surface area contributed by atoms with Gasteiger partial charge in [0.2, 0.25) is 0 Å². The van der Waals surface area contributed by atoms with Crippen LogP contribution in [0.1, 0.15) is 58.8 Å². The number of nitrogens with one attached hydrogen (secondary N) is 1. The van der Waals surface area contributed by atoms with Gasteiger partial charge in [-0.05, 0) is 58.4 Å². The quantitative estimate of drug-likeness (QED) is 0.519. The number of rotatable bonds is 6. The summed E-state index contributed by atoms with van der Waals surface area (Å²) in [5.74, 6) is 0.0238. The van der Waals surface area contributed by atoms with Gasteiger partial charge in [-0.3, -0.25) is 13.9 Å². The van der Waals surface area contributed by atoms with E-state index in [9.17, 15) is 18.8 Å². The Kier molecular flexibility index (Phi) is 7.75. The van der Waals surface area contributed by atoms with E-state index in [2.05, 4.69) is 9.97 Å². The molecule has 38 heavy (non-hydrogen) atoms. The number of likely N-dealkylation sites (tertiary alicyclic amines) is 1. The second kappa shape index (κ2) is 10.8. The number of aromatic amines is 1. The van der Waals surface area contributed by atoms with E-state index in [1.54, 1.807) is 36.1 Å². The van der Waals surface area contributed by atoms with Crippen LogP contribution in [0.3, 0.4) is 0 Å². The van der Waals surface area contributed by atoms with Crippen LogP contribution in [0.4, 0.5) is 9.18 Å². The highest BCUT2D eigenvalue weighted by atomic mass is 19.1. The molecule has 4 rings (SSSR count). The molecule has 11 heteroatoms. The molecule has 1 N–H and O–H groups in total. The molecule has 0 saturated carbocycles. The molecule has 0 unspecified atom stereocenters. The molecule has 0 radical (unpaired) electrons. The monoisotopic (exact) mass is 527 g/mol. The molecular formula is C27H34FN5O5. The van der Waals surface area contributed by atoms with Crippen molar-refractivity contribution in [3.63, 3.8) is 0 Å². The van der Waals surface area contributed by atoms with Crippen molar-refractivity contribution in [1.82, 2.24) is 24.0 Å². The van der Waals surface area contributed by atoms with Crippen LogP contribution < -0.4 is 16.0 Å². The van der Waals surface area contributed by atoms with Crippen molar-refractivity contribution in [2.24, 2.45) is 0 Å². The Morgan fingerprint density at radius 1 is 1.13 bits per heavy atom. The lowest BCUT2D eigenvalue weighted by Gasteiger charge is -2.33. The molecule has 1 aromatic carbocycles. The number of ether oxygens (including phenoxy) is 2. The maximum Gasteiger partial charge on any atom is 0.410 e. The van der Waals surface area contributed by atoms with Gasteiger partial charge in [0.1, 0.15) is 23.0 Å². The number of hydrogen-bond donors (Lipinski definition) is 1. The Morgan fingerprint density at radius 3 is 2.42 bits per heavy atom. The number of amides is 1. The van der Waals surface area contributed by atoms with Gasteiger partial charge >= 0.3 is 11.8 Å². The van der Waals surface area contributed by atoms with E-state index >= 15 is 0 Å². The second-order valence-corrected chi connectivity index (χ2v) is 10.2. The van der Waals surface area contributed by atoms with Gasteiger partial charge in [-0.25, -0.2) is 19.0 Å². The van der Waals surface area contributed by atoms with Gasteiger partial charge in [-0.2, -0.15) is 0 Å². The first kappa shape index (κ1) is 27.2. The number of H-pyrrole nitrogens is 1. The average Bonchev–Trinajstić information content (AvgIpc) is 3.28. The minimum absolute atomic E-state index is 0.147. The third-order valence-electron chi connectivity index (χ3n) is 6.29. The lowest BCUT2D eigenvalue weighted by Crippen LogP contribution is -2.44. The van der Waals surface area contributed by atoms with Crippen LogP contribution in [0, 0.1) is 5.82 Å². The van der Waals surface area contributed by atoms with Crippen molar-refractivity contribution in [3.05, 3.63) is 56.2 Å². The van der Waals surface area contributed by atoms with Crippen LogP contribution in [0.5, 0.6) is 5.75 Å². The molecule has 1 amide bonds. The topological polar surface area (TPSA) is 111 Å². The number of benzene rings is 1. The predicted octanol–water partition coefficient (Wildman–Crippen LogP) is 4.01. The van der Waals surface area contributed by atoms with Gasteiger partial charge in [0.05, 0.1) is 0 Å². The zero-order valence-corrected chi connectivity index (χ0v) is 22.4. The first-order chi connectivity index (χ1) is 18.0. The number of nitrogens with zero attached hydrogens (tertiary/aromatic N) is 4. The molecule has 1 saturated heterocycles. The first-order valence-electron chi connectivity index (χ1n) is 12.9. The van der Waals surface area contributed by atoms with Gasteiger partial charge in [0.15, 0.2) is 17.2 Å². The third-order valence-corrected chi connectivity index (χ3v) is 6.29. The zero-order chi connectivity index (χ0) is 27.6. The largest absolute Gasteiger partial charge is 0.487 e. The number of carbonyl (C=O) groups excluding carboxylic acids is 1. The summed E-state index contributed by atoms with van der Waals surface area (Å²) in [6, 6.07) is 4.65. The van der Waals surface area contributed by atoms with Crippen molar-refractivity contribution in [2.45, 2.75) is 72.3 Å². The fraction of sp³-hybridized carbons (Fsp3) is 0.481. The summed E-state index contributed by atoms with van der Waals surface area (Å²) in [6.45, 7) is 10.6. The van der Waals surface area contributed by atoms with Gasteiger partial charge < -0.3 is 19.4 Å². The highest BCUT2D eigenvalue weighted by Gasteiger charge is 2.28. The Labute approximate surface area is 219 Å². The van der Waals surface area contributed by atoms with E-state index in [1.807, 2.05) is 27.7 Å². The first-order valence-corrected chi connectivity index (χ1v) is 12.9. The highest BCUT2D eigenvalue weighted by molar-refractivity contribution is 5.75. The van der Waals surface area contributed by atoms with Crippen LogP contribution in [0.2, 0.25) is 0 Å². The van der Waals surface area contributed by atoms with Crippen LogP contribution >= 0.6 is 0 Å². The molecule has 10 nitrogen and oxygen atoms in total. The fourth-order valence-electron chi connectivity index (χ4n) is 4.38. The summed E-state index contributed by atoms with van der Waals surface area (Å²) in [6.07, 6.45) is 3.89. The van der Waals surface area contributed by atoms with Crippen molar-refractivity contribution >= 4 is 29.4 Å². The minimum atomic E-state index is -0.553. The number of piperidine rings is 1. The van der Waals surface area contributed by atoms with Crippen molar-refractivity contribution < 1.29 is 18.7 Å². The number of aromatic nitrogens is 4. The lowest BCUT2D eigenvalue weighted by molar-refractivity contribution is 0.0123. The van der Waals surface area contributed by atoms with E-state index in [0.29, 0.717) is 49.5 Å². The predicted molar refractivity (Wildman–Crippen MR) is 143 cm³/mol. The third kappa shape index (κ3) is 5.81. The van der Waals surface area contributed by atoms with E-state index in [4.69, 9.17) is 9.47 Å². The maximum absolute atomic E-state index is 14.8. The van der Waals surface area contributed by atoms with Gasteiger partial charge in [-0.15, -0.1) is 0 Å². The van der Waals surface area contributed by atoms with E-state index < -0.39 is 22.7 Å². The van der Waals surface area contributed by atoms with E-state index in [-0.39, 0.29) is 30.0 Å². The number of hydrogen-bond acceptors (Lipinski definition) is 6. The second-order valence-electron chi connectivity index (χ2n) is 10.2. The number of carbonyl (C=O) groups is 1. The van der Waals surface area contributed by atoms with Crippen molar-refractivity contribution in [1.29, 1.82) is 0 Å². The van der Waals surface area contributed by atoms with Gasteiger partial charge in [0, 0.05) is 39.0 Å². The molecule has 0 bridgehead atoms. The smallest absolute Gasteiger partial charge is 0.410 e. The Hall–Kier alpha value is -3.89. The molecular weight excluding hydrogens is 493 g/mol. The lowest BCUT2D eigenvalue weighted by atomic mass is 10.1. The Balaban J connectivity index is 1.43. The molecule has 1 aliphatic rings. The SMILES string of the molecule is CCn1c(=O)c2[nH]c(C=Cc3ccc(OC4CCN(C(=O)OC(C)(C)C)CC4)c(F)c3)nc2n(CC)c1=O. The zero-order valence-electron chi connectivity index (χ0n) is 22.4. The van der Waals surface area contributed by atoms with Crippen LogP contribution in [0.15, 0.2) is 27.8 Å². The molecule has 0 atom stereocenters. The number of aryl methyl sites for hydroxylation is 1. The fourth-order valence-corrected chi connectivity index (χ4v) is 4.38. The standard InChI is InChI=1S/C27H34FN5O5/c1-6-32-23-22(24(34)33(7-2)25(32)35)29-21(30-23)11-9-17-8-10-20(19(28)16-17)37-18-12-14-31(15-13-18)26(36)38-27(3,4)5/h8-11,16,18H,6-7,12-15H2,1-5H3,(H,29,30). The molecule has 1 aliphatic heterocycles. The summed E-state index contributed by atoms with van der Waals surface area (Å²) >= 11 is 0. The maximum atomic E-state index is 14.8. The highest BCUT2D eigenvalue weighted by Crippen LogP contribution is 2.25. The van der Waals surface area contributed by atoms with E-state index in [1.165, 1.54) is 10.6 Å². The van der Waals surface area contributed by atoms with Crippen molar-refractivity contribution in [3.8, 4) is 5.75 Å². The van der Waals surface area contributed by atoms with E-state index in [0.717, 1.165) is 4.57 Å². The molecule has 2 aromatic heterocycles. The normalized spacial score (nSPS) is 14.9. The number of halogens is 1. The van der Waals surface area contributed by atoms with Gasteiger partial charge in [0.25, 0.3) is 5.56 Å². The van der Waals surface area contributed by atoms with Gasteiger partial charge in [-0.1, -0.05) is 12.1 Å². The molecule has 204 valence electrons. The minimum Gasteiger partial charge on any atom is -0.487 e. The van der Waals surface area contributed by atoms with Crippen molar-refractivity contribution in [2.75, 3.05) is 13.1 Å². The Morgan fingerprint density at radius 2 is 1.82 bits per heavy atom. The summed E-state index contributed by atoms with van der Waals surface area (Å²) in [5, 5.41) is 0. The summed E-state index contributed by atoms with van der Waals surface area (Å²) < 4.78 is 28.7. The average molecular weight is 528 g/mol. The number of fused-ring (bicyclic) bond motifs is 1. The molecule has 3 heterocycles. The molecule has 0 spiro atoms. The molecule has 1 fully saturated rings. The molecule has 0 aliphatic carbocycles. The summed E-state index contributed by atoms with van der Waals surface area (Å²) in [7, 11) is 0. The summed E-state index contributed by atoms with van der Waals surface area (Å²) in [5.41, 5.74) is -0.256. The Bertz CT molecular complexity index is 1470. The molecule has 3 aromatic rings. The summed E-state index contributed by atoms with van der Waals surface area (Å²) in [4.78, 5) is 46.4.